The van der Waals surface area contributed by atoms with Gasteiger partial charge in [0.2, 0.25) is 0 Å². The summed E-state index contributed by atoms with van der Waals surface area (Å²) in [6.45, 7) is 5.43. The summed E-state index contributed by atoms with van der Waals surface area (Å²) in [5.41, 5.74) is -1.26. The number of benzene rings is 1. The molecule has 3 heterocycles. The zero-order valence-corrected chi connectivity index (χ0v) is 15.7. The van der Waals surface area contributed by atoms with E-state index in [-0.39, 0.29) is 6.42 Å². The summed E-state index contributed by atoms with van der Waals surface area (Å²) in [4.78, 5) is 29.6. The molecule has 2 aromatic rings. The highest BCUT2D eigenvalue weighted by molar-refractivity contribution is 7.13. The fraction of sp³-hybridized carbons (Fsp3) is 0.421. The topological polar surface area (TPSA) is 77.5 Å². The molecule has 2 saturated heterocycles. The number of anilines is 2. The lowest BCUT2D eigenvalue weighted by Gasteiger charge is -2.20. The van der Waals surface area contributed by atoms with E-state index < -0.39 is 28.6 Å². The van der Waals surface area contributed by atoms with Crippen molar-refractivity contribution in [3.8, 4) is 0 Å². The summed E-state index contributed by atoms with van der Waals surface area (Å²) in [6, 6.07) is 9.72. The van der Waals surface area contributed by atoms with Crippen LogP contribution < -0.4 is 5.32 Å². The highest BCUT2D eigenvalue weighted by atomic mass is 32.1. The fourth-order valence-corrected chi connectivity index (χ4v) is 4.68. The Kier molecular flexibility index (Phi) is 3.63. The molecule has 136 valence electrons. The summed E-state index contributed by atoms with van der Waals surface area (Å²) < 4.78 is 11.1. The number of carbonyl (C=O) groups is 2. The van der Waals surface area contributed by atoms with Crippen LogP contribution in [0.1, 0.15) is 39.3 Å². The number of ether oxygens (including phenoxy) is 2. The summed E-state index contributed by atoms with van der Waals surface area (Å²) in [5, 5.41) is 5.81. The van der Waals surface area contributed by atoms with Crippen molar-refractivity contribution >= 4 is 34.1 Å². The van der Waals surface area contributed by atoms with Crippen LogP contribution in [-0.4, -0.2) is 22.5 Å². The van der Waals surface area contributed by atoms with E-state index in [1.165, 1.54) is 11.3 Å². The van der Waals surface area contributed by atoms with E-state index in [9.17, 15) is 9.59 Å². The molecule has 0 bridgehead atoms. The van der Waals surface area contributed by atoms with Gasteiger partial charge in [0.1, 0.15) is 5.60 Å². The number of thiazole rings is 1. The molecular formula is C19H20N2O4S. The van der Waals surface area contributed by atoms with E-state index in [4.69, 9.17) is 9.47 Å². The van der Waals surface area contributed by atoms with Crippen LogP contribution in [-0.2, 0) is 24.7 Å². The predicted molar refractivity (Wildman–Crippen MR) is 97.1 cm³/mol. The largest absolute Gasteiger partial charge is 0.459 e. The van der Waals surface area contributed by atoms with Crippen molar-refractivity contribution in [1.82, 2.24) is 4.98 Å². The van der Waals surface area contributed by atoms with Crippen molar-refractivity contribution < 1.29 is 19.1 Å². The van der Waals surface area contributed by atoms with Gasteiger partial charge in [-0.1, -0.05) is 18.2 Å². The number of hydrogen-bond donors (Lipinski definition) is 1. The number of esters is 2. The Labute approximate surface area is 155 Å². The molecule has 0 saturated carbocycles. The number of cyclic esters (lactones) is 2. The summed E-state index contributed by atoms with van der Waals surface area (Å²) in [5.74, 6) is -1.00. The summed E-state index contributed by atoms with van der Waals surface area (Å²) >= 11 is 1.43. The van der Waals surface area contributed by atoms with Gasteiger partial charge in [-0.2, -0.15) is 0 Å². The van der Waals surface area contributed by atoms with Gasteiger partial charge in [0, 0.05) is 23.9 Å². The third kappa shape index (κ3) is 2.67. The average molecular weight is 372 g/mol. The second-order valence-electron chi connectivity index (χ2n) is 7.73. The van der Waals surface area contributed by atoms with Crippen LogP contribution in [0.2, 0.25) is 0 Å². The maximum absolute atomic E-state index is 12.6. The van der Waals surface area contributed by atoms with Gasteiger partial charge in [-0.15, -0.1) is 11.3 Å². The molecule has 0 aliphatic carbocycles. The quantitative estimate of drug-likeness (QED) is 0.653. The third-order valence-electron chi connectivity index (χ3n) is 4.91. The molecular weight excluding hydrogens is 352 g/mol. The lowest BCUT2D eigenvalue weighted by atomic mass is 9.75. The second kappa shape index (κ2) is 5.54. The molecule has 1 N–H and O–H groups in total. The first-order valence-electron chi connectivity index (χ1n) is 8.48. The number of nitrogens with zero attached hydrogens (tertiary/aromatic N) is 1. The van der Waals surface area contributed by atoms with Crippen LogP contribution in [0.15, 0.2) is 35.7 Å². The Morgan fingerprint density at radius 3 is 2.38 bits per heavy atom. The number of rotatable bonds is 3. The molecule has 26 heavy (non-hydrogen) atoms. The zero-order valence-electron chi connectivity index (χ0n) is 14.9. The van der Waals surface area contributed by atoms with Crippen LogP contribution in [0.25, 0.3) is 0 Å². The van der Waals surface area contributed by atoms with E-state index in [0.29, 0.717) is 17.2 Å². The van der Waals surface area contributed by atoms with Crippen LogP contribution in [0.4, 0.5) is 10.8 Å². The molecule has 0 amide bonds. The van der Waals surface area contributed by atoms with E-state index in [1.807, 2.05) is 49.6 Å². The van der Waals surface area contributed by atoms with E-state index in [1.54, 1.807) is 6.92 Å². The second-order valence-corrected chi connectivity index (χ2v) is 8.59. The van der Waals surface area contributed by atoms with E-state index in [2.05, 4.69) is 10.3 Å². The highest BCUT2D eigenvalue weighted by Gasteiger charge is 2.67. The Morgan fingerprint density at radius 1 is 1.04 bits per heavy atom. The molecule has 4 rings (SSSR count). The summed E-state index contributed by atoms with van der Waals surface area (Å²) in [7, 11) is 0. The molecule has 1 aromatic carbocycles. The number of nitrogens with one attached hydrogen (secondary N) is 1. The van der Waals surface area contributed by atoms with Gasteiger partial charge in [0.25, 0.3) is 0 Å². The van der Waals surface area contributed by atoms with Crippen molar-refractivity contribution in [2.75, 3.05) is 5.32 Å². The maximum Gasteiger partial charge on any atom is 0.324 e. The number of para-hydroxylation sites is 1. The van der Waals surface area contributed by atoms with Gasteiger partial charge in [0.05, 0.1) is 5.69 Å². The van der Waals surface area contributed by atoms with Crippen LogP contribution in [0.3, 0.4) is 0 Å². The minimum absolute atomic E-state index is 0.246. The number of carbonyl (C=O) groups excluding carboxylic acids is 2. The smallest absolute Gasteiger partial charge is 0.324 e. The predicted octanol–water partition coefficient (Wildman–Crippen LogP) is 3.76. The zero-order chi connectivity index (χ0) is 18.6. The molecule has 6 nitrogen and oxygen atoms in total. The van der Waals surface area contributed by atoms with Gasteiger partial charge in [-0.05, 0) is 32.9 Å². The molecule has 2 aliphatic heterocycles. The lowest BCUT2D eigenvalue weighted by Crippen LogP contribution is -2.32. The SMILES string of the molecule is CC1(C)CC2(CC(C)(c3csc(Nc4ccccc4)n3)OC2=O)C(=O)O1. The normalized spacial score (nSPS) is 29.7. The van der Waals surface area contributed by atoms with Crippen LogP contribution in [0, 0.1) is 5.41 Å². The number of aromatic nitrogens is 1. The Morgan fingerprint density at radius 2 is 1.73 bits per heavy atom. The minimum atomic E-state index is -1.23. The van der Waals surface area contributed by atoms with Crippen molar-refractivity contribution in [1.29, 1.82) is 0 Å². The summed E-state index contributed by atoms with van der Waals surface area (Å²) in [6.07, 6.45) is 0.572. The molecule has 0 radical (unpaired) electrons. The highest BCUT2D eigenvalue weighted by Crippen LogP contribution is 2.54. The third-order valence-corrected chi connectivity index (χ3v) is 5.66. The molecule has 7 heteroatoms. The van der Waals surface area contributed by atoms with Crippen molar-refractivity contribution in [2.24, 2.45) is 5.41 Å². The first kappa shape index (κ1) is 17.0. The van der Waals surface area contributed by atoms with Crippen molar-refractivity contribution in [3.05, 3.63) is 41.4 Å². The van der Waals surface area contributed by atoms with Crippen LogP contribution in [0.5, 0.6) is 0 Å². The van der Waals surface area contributed by atoms with Gasteiger partial charge < -0.3 is 14.8 Å². The molecule has 2 aliphatic rings. The molecule has 2 unspecified atom stereocenters. The number of hydrogen-bond acceptors (Lipinski definition) is 7. The van der Waals surface area contributed by atoms with E-state index >= 15 is 0 Å². The fourth-order valence-electron chi connectivity index (χ4n) is 3.82. The molecule has 2 atom stereocenters. The van der Waals surface area contributed by atoms with Gasteiger partial charge in [0.15, 0.2) is 16.1 Å². The average Bonchev–Trinajstić information content (AvgIpc) is 3.18. The first-order chi connectivity index (χ1) is 12.2. The van der Waals surface area contributed by atoms with Crippen molar-refractivity contribution in [3.63, 3.8) is 0 Å². The van der Waals surface area contributed by atoms with E-state index in [0.717, 1.165) is 5.69 Å². The standard InChI is InChI=1S/C19H20N2O4S/c1-17(2)10-19(14(22)24-17)11-18(3,25-15(19)23)13-9-26-16(21-13)20-12-7-5-4-6-8-12/h4-9H,10-11H2,1-3H3,(H,20,21). The monoisotopic (exact) mass is 372 g/mol. The Bertz CT molecular complexity index is 879. The molecule has 1 aromatic heterocycles. The van der Waals surface area contributed by atoms with Gasteiger partial charge >= 0.3 is 11.9 Å². The van der Waals surface area contributed by atoms with Gasteiger partial charge in [-0.3, -0.25) is 9.59 Å². The molecule has 1 spiro atoms. The van der Waals surface area contributed by atoms with Gasteiger partial charge in [-0.25, -0.2) is 4.98 Å². The Balaban J connectivity index is 1.59. The van der Waals surface area contributed by atoms with Crippen LogP contribution >= 0.6 is 11.3 Å². The Hall–Kier alpha value is -2.41. The lowest BCUT2D eigenvalue weighted by molar-refractivity contribution is -0.161. The van der Waals surface area contributed by atoms with Crippen molar-refractivity contribution in [2.45, 2.75) is 44.8 Å². The molecule has 2 fully saturated rings. The first-order valence-corrected chi connectivity index (χ1v) is 9.36. The maximum atomic E-state index is 12.6. The minimum Gasteiger partial charge on any atom is -0.459 e.